The number of aromatic nitrogens is 1. The minimum Gasteiger partial charge on any atom is -0.379 e. The van der Waals surface area contributed by atoms with Gasteiger partial charge in [0.15, 0.2) is 11.7 Å². The van der Waals surface area contributed by atoms with Gasteiger partial charge in [-0.05, 0) is 26.3 Å². The lowest BCUT2D eigenvalue weighted by Gasteiger charge is -2.11. The summed E-state index contributed by atoms with van der Waals surface area (Å²) in [6.45, 7) is 4.82. The summed E-state index contributed by atoms with van der Waals surface area (Å²) in [6, 6.07) is 6.40. The summed E-state index contributed by atoms with van der Waals surface area (Å²) >= 11 is 0. The molecule has 1 amide bonds. The molecule has 0 fully saturated rings. The number of ketones is 1. The molecule has 1 atom stereocenters. The van der Waals surface area contributed by atoms with E-state index in [1.165, 1.54) is 10.6 Å². The molecule has 1 aromatic heterocycles. The van der Waals surface area contributed by atoms with Gasteiger partial charge in [-0.25, -0.2) is 0 Å². The molecule has 0 radical (unpaired) electrons. The van der Waals surface area contributed by atoms with Crippen molar-refractivity contribution in [2.24, 2.45) is 5.92 Å². The van der Waals surface area contributed by atoms with E-state index in [9.17, 15) is 14.4 Å². The minimum atomic E-state index is -1.35. The summed E-state index contributed by atoms with van der Waals surface area (Å²) in [7, 11) is 0. The Kier molecular flexibility index (Phi) is 8.44. The number of nitrogens with zero attached hydrogens (tertiary/aromatic N) is 2. The maximum atomic E-state index is 12.1. The van der Waals surface area contributed by atoms with Gasteiger partial charge in [0.2, 0.25) is 5.91 Å². The Morgan fingerprint density at radius 2 is 2.12 bits per heavy atom. The van der Waals surface area contributed by atoms with Crippen LogP contribution in [0.5, 0.6) is 0 Å². The Labute approximate surface area is 141 Å². The Bertz CT molecular complexity index is 646. The fourth-order valence-corrected chi connectivity index (χ4v) is 2.00. The maximum Gasteiger partial charge on any atom is 0.250 e. The Morgan fingerprint density at radius 1 is 1.38 bits per heavy atom. The fourth-order valence-electron chi connectivity index (χ4n) is 2.00. The third-order valence-corrected chi connectivity index (χ3v) is 3.28. The van der Waals surface area contributed by atoms with Gasteiger partial charge >= 0.3 is 0 Å². The van der Waals surface area contributed by atoms with Crippen LogP contribution in [0.25, 0.3) is 0 Å². The van der Waals surface area contributed by atoms with E-state index >= 15 is 0 Å². The first kappa shape index (κ1) is 19.6. The molecule has 1 N–H and O–H groups in total. The van der Waals surface area contributed by atoms with Crippen molar-refractivity contribution in [3.05, 3.63) is 34.7 Å². The molecule has 24 heavy (non-hydrogen) atoms. The van der Waals surface area contributed by atoms with Crippen molar-refractivity contribution in [1.29, 1.82) is 5.26 Å². The number of pyridine rings is 1. The molecule has 7 nitrogen and oxygen atoms in total. The number of amides is 1. The number of carbonyl (C=O) groups excluding carboxylic acids is 2. The number of rotatable bonds is 10. The third kappa shape index (κ3) is 6.75. The first-order valence-corrected chi connectivity index (χ1v) is 7.92. The minimum absolute atomic E-state index is 0.0496. The first-order valence-electron chi connectivity index (χ1n) is 7.92. The van der Waals surface area contributed by atoms with Crippen LogP contribution in [0.1, 0.15) is 26.7 Å². The van der Waals surface area contributed by atoms with E-state index in [4.69, 9.17) is 10.00 Å². The van der Waals surface area contributed by atoms with Crippen molar-refractivity contribution >= 4 is 11.7 Å². The monoisotopic (exact) mass is 333 g/mol. The van der Waals surface area contributed by atoms with Gasteiger partial charge in [-0.3, -0.25) is 14.4 Å². The highest BCUT2D eigenvalue weighted by Crippen LogP contribution is 2.03. The molecule has 1 aromatic rings. The lowest BCUT2D eigenvalue weighted by atomic mass is 10.0. The first-order chi connectivity index (χ1) is 11.5. The zero-order valence-electron chi connectivity index (χ0n) is 14.0. The number of Topliss-reactive ketones (excluding diaryl/α,β-unsaturated/α-hetero) is 1. The summed E-state index contributed by atoms with van der Waals surface area (Å²) in [5.41, 5.74) is -0.228. The van der Waals surface area contributed by atoms with Crippen LogP contribution in [0.2, 0.25) is 0 Å². The zero-order valence-corrected chi connectivity index (χ0v) is 14.0. The van der Waals surface area contributed by atoms with Crippen LogP contribution >= 0.6 is 0 Å². The molecule has 0 spiro atoms. The van der Waals surface area contributed by atoms with Gasteiger partial charge in [0.1, 0.15) is 0 Å². The van der Waals surface area contributed by atoms with Gasteiger partial charge in [0.05, 0.1) is 12.2 Å². The van der Waals surface area contributed by atoms with Crippen molar-refractivity contribution in [3.8, 4) is 6.07 Å². The van der Waals surface area contributed by atoms with Crippen LogP contribution in [0.3, 0.4) is 0 Å². The highest BCUT2D eigenvalue weighted by molar-refractivity contribution is 6.03. The van der Waals surface area contributed by atoms with Crippen molar-refractivity contribution < 1.29 is 14.3 Å². The summed E-state index contributed by atoms with van der Waals surface area (Å²) in [4.78, 5) is 35.5. The average molecular weight is 333 g/mol. The lowest BCUT2D eigenvalue weighted by molar-refractivity contribution is -0.131. The molecule has 1 rings (SSSR count). The van der Waals surface area contributed by atoms with E-state index < -0.39 is 17.6 Å². The molecule has 0 aliphatic carbocycles. The number of hydrogen-bond donors (Lipinski definition) is 1. The number of hydrogen-bond acceptors (Lipinski definition) is 5. The van der Waals surface area contributed by atoms with E-state index in [1.54, 1.807) is 24.4 Å². The van der Waals surface area contributed by atoms with Crippen molar-refractivity contribution in [3.63, 3.8) is 0 Å². The number of aryl methyl sites for hydroxylation is 1. The molecular formula is C17H23N3O4. The van der Waals surface area contributed by atoms with Crippen molar-refractivity contribution in [2.75, 3.05) is 13.2 Å². The molecule has 1 heterocycles. The zero-order chi connectivity index (χ0) is 17.9. The normalized spacial score (nSPS) is 11.8. The topological polar surface area (TPSA) is 101 Å². The third-order valence-electron chi connectivity index (χ3n) is 3.28. The SMILES string of the molecule is CC(C)OCCCNC(=O)C(C#N)C(=O)CCn1ccccc1=O. The van der Waals surface area contributed by atoms with Crippen LogP contribution < -0.4 is 10.9 Å². The van der Waals surface area contributed by atoms with E-state index in [0.29, 0.717) is 19.6 Å². The second kappa shape index (κ2) is 10.3. The number of ether oxygens (including phenoxy) is 1. The molecule has 0 saturated heterocycles. The largest absolute Gasteiger partial charge is 0.379 e. The summed E-state index contributed by atoms with van der Waals surface area (Å²) in [6.07, 6.45) is 2.24. The summed E-state index contributed by atoms with van der Waals surface area (Å²) in [5, 5.41) is 11.6. The summed E-state index contributed by atoms with van der Waals surface area (Å²) in [5.74, 6) is -2.45. The van der Waals surface area contributed by atoms with Crippen LogP contribution in [0.4, 0.5) is 0 Å². The molecule has 1 unspecified atom stereocenters. The highest BCUT2D eigenvalue weighted by atomic mass is 16.5. The smallest absolute Gasteiger partial charge is 0.250 e. The highest BCUT2D eigenvalue weighted by Gasteiger charge is 2.25. The van der Waals surface area contributed by atoms with E-state index in [1.807, 2.05) is 13.8 Å². The van der Waals surface area contributed by atoms with Gasteiger partial charge in [-0.1, -0.05) is 6.07 Å². The predicted molar refractivity (Wildman–Crippen MR) is 88.1 cm³/mol. The molecular weight excluding hydrogens is 310 g/mol. The lowest BCUT2D eigenvalue weighted by Crippen LogP contribution is -2.36. The van der Waals surface area contributed by atoms with Crippen molar-refractivity contribution in [1.82, 2.24) is 9.88 Å². The van der Waals surface area contributed by atoms with Crippen LogP contribution in [0, 0.1) is 17.2 Å². The number of carbonyl (C=O) groups is 2. The molecule has 0 aromatic carbocycles. The average Bonchev–Trinajstić information content (AvgIpc) is 2.54. The summed E-state index contributed by atoms with van der Waals surface area (Å²) < 4.78 is 6.71. The predicted octanol–water partition coefficient (Wildman–Crippen LogP) is 0.879. The Morgan fingerprint density at radius 3 is 2.75 bits per heavy atom. The fraction of sp³-hybridized carbons (Fsp3) is 0.529. The van der Waals surface area contributed by atoms with Gasteiger partial charge < -0.3 is 14.6 Å². The van der Waals surface area contributed by atoms with E-state index in [-0.39, 0.29) is 24.6 Å². The molecule has 0 bridgehead atoms. The molecule has 7 heteroatoms. The Balaban J connectivity index is 2.42. The van der Waals surface area contributed by atoms with Gasteiger partial charge in [0.25, 0.3) is 5.56 Å². The van der Waals surface area contributed by atoms with Crippen LogP contribution in [-0.2, 0) is 20.9 Å². The second-order valence-electron chi connectivity index (χ2n) is 5.57. The van der Waals surface area contributed by atoms with Crippen LogP contribution in [0.15, 0.2) is 29.2 Å². The van der Waals surface area contributed by atoms with Gasteiger partial charge in [0, 0.05) is 38.4 Å². The van der Waals surface area contributed by atoms with E-state index in [2.05, 4.69) is 5.32 Å². The number of nitrogens with one attached hydrogen (secondary N) is 1. The number of nitriles is 1. The molecule has 0 aliphatic heterocycles. The van der Waals surface area contributed by atoms with Gasteiger partial charge in [-0.2, -0.15) is 5.26 Å². The van der Waals surface area contributed by atoms with Crippen molar-refractivity contribution in [2.45, 2.75) is 39.3 Å². The molecule has 0 saturated carbocycles. The maximum absolute atomic E-state index is 12.1. The standard InChI is InChI=1S/C17H23N3O4/c1-13(2)24-11-5-8-19-17(23)14(12-18)15(21)7-10-20-9-4-3-6-16(20)22/h3-4,6,9,13-14H,5,7-8,10-11H2,1-2H3,(H,19,23). The van der Waals surface area contributed by atoms with Crippen LogP contribution in [-0.4, -0.2) is 35.5 Å². The Hall–Kier alpha value is -2.46. The van der Waals surface area contributed by atoms with E-state index in [0.717, 1.165) is 0 Å². The quantitative estimate of drug-likeness (QED) is 0.506. The van der Waals surface area contributed by atoms with Gasteiger partial charge in [-0.15, -0.1) is 0 Å². The molecule has 130 valence electrons. The molecule has 0 aliphatic rings. The second-order valence-corrected chi connectivity index (χ2v) is 5.57.